The van der Waals surface area contributed by atoms with E-state index >= 15 is 0 Å². The lowest BCUT2D eigenvalue weighted by atomic mass is 9.99. The Hall–Kier alpha value is -0.170. The molecule has 0 bridgehead atoms. The van der Waals surface area contributed by atoms with Crippen LogP contribution in [0.3, 0.4) is 0 Å². The summed E-state index contributed by atoms with van der Waals surface area (Å²) in [5, 5.41) is 10.4. The molecule has 2 aliphatic heterocycles. The number of nitrogens with zero attached hydrogens (tertiary/aromatic N) is 2. The minimum Gasteiger partial charge on any atom is -0.390 e. The molecule has 0 radical (unpaired) electrons. The Morgan fingerprint density at radius 1 is 1.27 bits per heavy atom. The van der Waals surface area contributed by atoms with Gasteiger partial charge in [0.2, 0.25) is 0 Å². The minimum atomic E-state index is -2.86. The summed E-state index contributed by atoms with van der Waals surface area (Å²) in [4.78, 5) is 4.54. The molecule has 0 saturated carbocycles. The third-order valence-corrected chi connectivity index (χ3v) is 6.78. The van der Waals surface area contributed by atoms with Crippen LogP contribution in [0.2, 0.25) is 0 Å². The third-order valence-electron chi connectivity index (χ3n) is 5.03. The highest BCUT2D eigenvalue weighted by Gasteiger charge is 2.32. The number of hydrogen-bond donors (Lipinski definition) is 1. The van der Waals surface area contributed by atoms with Crippen molar-refractivity contribution in [3.8, 4) is 0 Å². The van der Waals surface area contributed by atoms with Crippen molar-refractivity contribution in [2.45, 2.75) is 51.7 Å². The minimum absolute atomic E-state index is 0.0981. The Balaban J connectivity index is 1.82. The van der Waals surface area contributed by atoms with Crippen LogP contribution < -0.4 is 0 Å². The molecule has 0 aromatic heterocycles. The Bertz CT molecular complexity index is 433. The van der Waals surface area contributed by atoms with Crippen molar-refractivity contribution >= 4 is 9.84 Å². The summed E-state index contributed by atoms with van der Waals surface area (Å²) in [6, 6.07) is 0.0981. The van der Waals surface area contributed by atoms with Crippen LogP contribution in [-0.2, 0) is 9.84 Å². The molecule has 0 spiro atoms. The Kier molecular flexibility index (Phi) is 6.68. The number of sulfone groups is 1. The predicted molar refractivity (Wildman–Crippen MR) is 89.8 cm³/mol. The fourth-order valence-corrected chi connectivity index (χ4v) is 5.41. The Labute approximate surface area is 135 Å². The van der Waals surface area contributed by atoms with Crippen LogP contribution in [0.15, 0.2) is 0 Å². The van der Waals surface area contributed by atoms with Gasteiger partial charge >= 0.3 is 0 Å². The Morgan fingerprint density at radius 2 is 1.95 bits per heavy atom. The van der Waals surface area contributed by atoms with Gasteiger partial charge in [-0.3, -0.25) is 4.90 Å². The summed E-state index contributed by atoms with van der Waals surface area (Å²) in [6.07, 6.45) is 3.75. The van der Waals surface area contributed by atoms with Crippen molar-refractivity contribution in [3.05, 3.63) is 0 Å². The molecule has 5 nitrogen and oxygen atoms in total. The number of hydrogen-bond acceptors (Lipinski definition) is 5. The SMILES string of the molecule is CCCN(C[C@H](O)CN1CCC(C)CC1)[C@@H]1CCS(=O)(=O)C1. The zero-order valence-electron chi connectivity index (χ0n) is 14.1. The van der Waals surface area contributed by atoms with Crippen molar-refractivity contribution in [3.63, 3.8) is 0 Å². The molecule has 2 aliphatic rings. The molecule has 130 valence electrons. The molecular formula is C16H32N2O3S. The molecular weight excluding hydrogens is 300 g/mol. The molecule has 2 rings (SSSR count). The number of likely N-dealkylation sites (tertiary alicyclic amines) is 1. The van der Waals surface area contributed by atoms with Gasteiger partial charge in [0.25, 0.3) is 0 Å². The van der Waals surface area contributed by atoms with Gasteiger partial charge in [0.1, 0.15) is 0 Å². The normalized spacial score (nSPS) is 28.3. The standard InChI is InChI=1S/C16H32N2O3S/c1-3-7-18(15-6-10-22(20,21)13-15)12-16(19)11-17-8-4-14(2)5-9-17/h14-16,19H,3-13H2,1-2H3/t15-,16-/m1/s1. The number of aliphatic hydroxyl groups is 1. The molecule has 0 aliphatic carbocycles. The van der Waals surface area contributed by atoms with Crippen molar-refractivity contribution < 1.29 is 13.5 Å². The Morgan fingerprint density at radius 3 is 2.50 bits per heavy atom. The smallest absolute Gasteiger partial charge is 0.151 e. The van der Waals surface area contributed by atoms with Crippen molar-refractivity contribution in [2.75, 3.05) is 44.2 Å². The number of β-amino-alcohol motifs (C(OH)–C–C–N with tert-alkyl or cyclic N) is 1. The van der Waals surface area contributed by atoms with Crippen molar-refractivity contribution in [1.82, 2.24) is 9.80 Å². The van der Waals surface area contributed by atoms with E-state index in [1.807, 2.05) is 0 Å². The number of rotatable bonds is 7. The molecule has 6 heteroatoms. The second-order valence-electron chi connectivity index (χ2n) is 7.19. The lowest BCUT2D eigenvalue weighted by Gasteiger charge is -2.34. The second-order valence-corrected chi connectivity index (χ2v) is 9.42. The maximum atomic E-state index is 11.7. The highest BCUT2D eigenvalue weighted by molar-refractivity contribution is 7.91. The summed E-state index contributed by atoms with van der Waals surface area (Å²) in [7, 11) is -2.86. The summed E-state index contributed by atoms with van der Waals surface area (Å²) in [5.74, 6) is 1.37. The molecule has 22 heavy (non-hydrogen) atoms. The highest BCUT2D eigenvalue weighted by Crippen LogP contribution is 2.19. The van der Waals surface area contributed by atoms with E-state index in [1.165, 1.54) is 12.8 Å². The van der Waals surface area contributed by atoms with Crippen LogP contribution in [0, 0.1) is 5.92 Å². The molecule has 2 heterocycles. The third kappa shape index (κ3) is 5.48. The second kappa shape index (κ2) is 8.08. The van der Waals surface area contributed by atoms with Gasteiger partial charge in [-0.05, 0) is 51.2 Å². The topological polar surface area (TPSA) is 60.9 Å². The maximum Gasteiger partial charge on any atom is 0.151 e. The summed E-state index contributed by atoms with van der Waals surface area (Å²) in [5.41, 5.74) is 0. The van der Waals surface area contributed by atoms with Crippen molar-refractivity contribution in [1.29, 1.82) is 0 Å². The van der Waals surface area contributed by atoms with E-state index in [9.17, 15) is 13.5 Å². The van der Waals surface area contributed by atoms with E-state index in [2.05, 4.69) is 23.6 Å². The van der Waals surface area contributed by atoms with E-state index in [0.29, 0.717) is 18.8 Å². The molecule has 2 saturated heterocycles. The first kappa shape index (κ1) is 18.2. The predicted octanol–water partition coefficient (Wildman–Crippen LogP) is 0.978. The van der Waals surface area contributed by atoms with Gasteiger partial charge in [0.15, 0.2) is 9.84 Å². The van der Waals surface area contributed by atoms with Crippen LogP contribution in [-0.4, -0.2) is 79.7 Å². The van der Waals surface area contributed by atoms with Crippen LogP contribution in [0.1, 0.15) is 39.5 Å². The van der Waals surface area contributed by atoms with E-state index < -0.39 is 9.84 Å². The van der Waals surface area contributed by atoms with Gasteiger partial charge in [-0.1, -0.05) is 13.8 Å². The van der Waals surface area contributed by atoms with Crippen LogP contribution in [0.5, 0.6) is 0 Å². The summed E-state index contributed by atoms with van der Waals surface area (Å²) < 4.78 is 23.4. The van der Waals surface area contributed by atoms with Crippen LogP contribution in [0.4, 0.5) is 0 Å². The van der Waals surface area contributed by atoms with E-state index in [0.717, 1.165) is 38.4 Å². The van der Waals surface area contributed by atoms with Crippen LogP contribution in [0.25, 0.3) is 0 Å². The summed E-state index contributed by atoms with van der Waals surface area (Å²) in [6.45, 7) is 8.72. The first-order valence-electron chi connectivity index (χ1n) is 8.74. The van der Waals surface area contributed by atoms with Gasteiger partial charge in [-0.15, -0.1) is 0 Å². The number of piperidine rings is 1. The van der Waals surface area contributed by atoms with E-state index in [-0.39, 0.29) is 17.9 Å². The molecule has 0 aromatic rings. The zero-order valence-corrected chi connectivity index (χ0v) is 14.9. The molecule has 2 atom stereocenters. The van der Waals surface area contributed by atoms with Gasteiger partial charge in [-0.25, -0.2) is 8.42 Å². The highest BCUT2D eigenvalue weighted by atomic mass is 32.2. The first-order chi connectivity index (χ1) is 10.4. The quantitative estimate of drug-likeness (QED) is 0.753. The molecule has 0 amide bonds. The van der Waals surface area contributed by atoms with E-state index in [1.54, 1.807) is 0 Å². The molecule has 1 N–H and O–H groups in total. The lowest BCUT2D eigenvalue weighted by Crippen LogP contribution is -2.46. The van der Waals surface area contributed by atoms with Crippen molar-refractivity contribution in [2.24, 2.45) is 5.92 Å². The fourth-order valence-electron chi connectivity index (χ4n) is 3.64. The van der Waals surface area contributed by atoms with Gasteiger partial charge in [-0.2, -0.15) is 0 Å². The summed E-state index contributed by atoms with van der Waals surface area (Å²) >= 11 is 0. The van der Waals surface area contributed by atoms with E-state index in [4.69, 9.17) is 0 Å². The monoisotopic (exact) mass is 332 g/mol. The number of aliphatic hydroxyl groups excluding tert-OH is 1. The lowest BCUT2D eigenvalue weighted by molar-refractivity contribution is 0.0509. The fraction of sp³-hybridized carbons (Fsp3) is 1.00. The average molecular weight is 333 g/mol. The largest absolute Gasteiger partial charge is 0.390 e. The maximum absolute atomic E-state index is 11.7. The van der Waals surface area contributed by atoms with Crippen LogP contribution >= 0.6 is 0 Å². The zero-order chi connectivity index (χ0) is 16.2. The molecule has 2 fully saturated rings. The van der Waals surface area contributed by atoms with Gasteiger partial charge in [0.05, 0.1) is 17.6 Å². The molecule has 0 unspecified atom stereocenters. The molecule has 0 aromatic carbocycles. The average Bonchev–Trinajstić information content (AvgIpc) is 2.81. The van der Waals surface area contributed by atoms with Gasteiger partial charge < -0.3 is 10.0 Å². The van der Waals surface area contributed by atoms with Gasteiger partial charge in [0, 0.05) is 19.1 Å². The first-order valence-corrected chi connectivity index (χ1v) is 10.6.